The van der Waals surface area contributed by atoms with Gasteiger partial charge in [-0.1, -0.05) is 0 Å². The smallest absolute Gasteiger partial charge is 0.311 e. The highest BCUT2D eigenvalue weighted by Crippen LogP contribution is 2.45. The standard InChI is InChI=1S/C11H12N2O4/c14-8-3-7(4-12-5-8)9(15)13-6-11(1-2-11)10(16)17/h3-5,14H,1-2,6H2,(H,13,15)(H,16,17). The van der Waals surface area contributed by atoms with Crippen LogP contribution in [0.3, 0.4) is 0 Å². The van der Waals surface area contributed by atoms with Crippen LogP contribution in [0.1, 0.15) is 23.2 Å². The molecular weight excluding hydrogens is 224 g/mol. The van der Waals surface area contributed by atoms with Crippen molar-refractivity contribution in [2.45, 2.75) is 12.8 Å². The van der Waals surface area contributed by atoms with Crippen molar-refractivity contribution in [1.29, 1.82) is 0 Å². The Morgan fingerprint density at radius 2 is 2.12 bits per heavy atom. The Morgan fingerprint density at radius 3 is 2.65 bits per heavy atom. The largest absolute Gasteiger partial charge is 0.506 e. The average Bonchev–Trinajstić information content (AvgIpc) is 3.07. The molecule has 90 valence electrons. The summed E-state index contributed by atoms with van der Waals surface area (Å²) >= 11 is 0. The first-order chi connectivity index (χ1) is 8.03. The number of amides is 1. The van der Waals surface area contributed by atoms with Crippen LogP contribution in [0.4, 0.5) is 0 Å². The van der Waals surface area contributed by atoms with Crippen LogP contribution in [0.5, 0.6) is 5.75 Å². The van der Waals surface area contributed by atoms with E-state index in [0.717, 1.165) is 0 Å². The number of hydrogen-bond acceptors (Lipinski definition) is 4. The number of aromatic hydroxyl groups is 1. The Hall–Kier alpha value is -2.11. The highest BCUT2D eigenvalue weighted by atomic mass is 16.4. The van der Waals surface area contributed by atoms with E-state index >= 15 is 0 Å². The maximum atomic E-state index is 11.6. The van der Waals surface area contributed by atoms with Crippen molar-refractivity contribution in [3.8, 4) is 5.75 Å². The zero-order valence-electron chi connectivity index (χ0n) is 9.01. The normalized spacial score (nSPS) is 16.2. The lowest BCUT2D eigenvalue weighted by molar-refractivity contribution is -0.143. The molecule has 1 aromatic rings. The molecule has 1 aromatic heterocycles. The van der Waals surface area contributed by atoms with E-state index in [1.165, 1.54) is 18.5 Å². The Morgan fingerprint density at radius 1 is 1.41 bits per heavy atom. The van der Waals surface area contributed by atoms with Gasteiger partial charge in [0.1, 0.15) is 5.75 Å². The van der Waals surface area contributed by atoms with Gasteiger partial charge in [0.25, 0.3) is 5.91 Å². The zero-order valence-corrected chi connectivity index (χ0v) is 9.01. The number of nitrogens with zero attached hydrogens (tertiary/aromatic N) is 1. The van der Waals surface area contributed by atoms with E-state index in [9.17, 15) is 9.59 Å². The summed E-state index contributed by atoms with van der Waals surface area (Å²) in [4.78, 5) is 26.2. The zero-order chi connectivity index (χ0) is 12.5. The predicted molar refractivity (Wildman–Crippen MR) is 57.5 cm³/mol. The Kier molecular flexibility index (Phi) is 2.71. The molecule has 3 N–H and O–H groups in total. The monoisotopic (exact) mass is 236 g/mol. The van der Waals surface area contributed by atoms with Crippen molar-refractivity contribution in [3.05, 3.63) is 24.0 Å². The van der Waals surface area contributed by atoms with E-state index in [0.29, 0.717) is 12.8 Å². The molecule has 1 aliphatic rings. The second kappa shape index (κ2) is 4.04. The van der Waals surface area contributed by atoms with Crippen molar-refractivity contribution in [3.63, 3.8) is 0 Å². The second-order valence-corrected chi connectivity index (χ2v) is 4.20. The predicted octanol–water partition coefficient (Wildman–Crippen LogP) is 0.382. The first-order valence-corrected chi connectivity index (χ1v) is 5.19. The van der Waals surface area contributed by atoms with Crippen molar-refractivity contribution in [2.24, 2.45) is 5.41 Å². The van der Waals surface area contributed by atoms with E-state index < -0.39 is 17.3 Å². The van der Waals surface area contributed by atoms with Gasteiger partial charge in [0.2, 0.25) is 0 Å². The van der Waals surface area contributed by atoms with Gasteiger partial charge in [-0.05, 0) is 18.9 Å². The highest BCUT2D eigenvalue weighted by Gasteiger charge is 2.50. The third-order valence-electron chi connectivity index (χ3n) is 2.88. The number of rotatable bonds is 4. The number of carbonyl (C=O) groups is 2. The fourth-order valence-corrected chi connectivity index (χ4v) is 1.52. The number of nitrogens with one attached hydrogen (secondary N) is 1. The lowest BCUT2D eigenvalue weighted by atomic mass is 10.1. The summed E-state index contributed by atoms with van der Waals surface area (Å²) < 4.78 is 0. The van der Waals surface area contributed by atoms with Crippen LogP contribution in [0.15, 0.2) is 18.5 Å². The second-order valence-electron chi connectivity index (χ2n) is 4.20. The number of aliphatic carboxylic acids is 1. The van der Waals surface area contributed by atoms with Crippen LogP contribution < -0.4 is 5.32 Å². The number of hydrogen-bond donors (Lipinski definition) is 3. The summed E-state index contributed by atoms with van der Waals surface area (Å²) in [6.45, 7) is 0.108. The number of carbonyl (C=O) groups excluding carboxylic acids is 1. The van der Waals surface area contributed by atoms with Crippen molar-refractivity contribution < 1.29 is 19.8 Å². The van der Waals surface area contributed by atoms with Gasteiger partial charge in [-0.25, -0.2) is 0 Å². The molecule has 6 nitrogen and oxygen atoms in total. The summed E-state index contributed by atoms with van der Waals surface area (Å²) in [5, 5.41) is 20.6. The summed E-state index contributed by atoms with van der Waals surface area (Å²) in [7, 11) is 0. The minimum atomic E-state index is -0.883. The first kappa shape index (κ1) is 11.4. The first-order valence-electron chi connectivity index (χ1n) is 5.19. The molecule has 0 saturated heterocycles. The minimum Gasteiger partial charge on any atom is -0.506 e. The van der Waals surface area contributed by atoms with Gasteiger partial charge in [0.05, 0.1) is 17.2 Å². The van der Waals surface area contributed by atoms with E-state index in [2.05, 4.69) is 10.3 Å². The molecule has 0 aliphatic heterocycles. The highest BCUT2D eigenvalue weighted by molar-refractivity contribution is 5.94. The summed E-state index contributed by atoms with van der Waals surface area (Å²) in [6.07, 6.45) is 3.70. The van der Waals surface area contributed by atoms with Crippen LogP contribution in [0, 0.1) is 5.41 Å². The van der Waals surface area contributed by atoms with Gasteiger partial charge >= 0.3 is 5.97 Å². The van der Waals surface area contributed by atoms with Crippen molar-refractivity contribution in [2.75, 3.05) is 6.54 Å². The lowest BCUT2D eigenvalue weighted by Crippen LogP contribution is -2.34. The molecule has 0 aromatic carbocycles. The molecule has 6 heteroatoms. The molecular formula is C11H12N2O4. The van der Waals surface area contributed by atoms with E-state index in [1.54, 1.807) is 0 Å². The summed E-state index contributed by atoms with van der Waals surface area (Å²) in [5.74, 6) is -1.41. The van der Waals surface area contributed by atoms with Crippen LogP contribution in [-0.4, -0.2) is 33.6 Å². The van der Waals surface area contributed by atoms with Crippen LogP contribution >= 0.6 is 0 Å². The van der Waals surface area contributed by atoms with Crippen molar-refractivity contribution >= 4 is 11.9 Å². The van der Waals surface area contributed by atoms with Gasteiger partial charge in [-0.3, -0.25) is 14.6 Å². The fraction of sp³-hybridized carbons (Fsp3) is 0.364. The Bertz CT molecular complexity index is 468. The molecule has 17 heavy (non-hydrogen) atoms. The summed E-state index contributed by atoms with van der Waals surface area (Å²) in [6, 6.07) is 1.28. The maximum Gasteiger partial charge on any atom is 0.311 e. The molecule has 0 spiro atoms. The van der Waals surface area contributed by atoms with Crippen molar-refractivity contribution in [1.82, 2.24) is 10.3 Å². The molecule has 0 bridgehead atoms. The third-order valence-corrected chi connectivity index (χ3v) is 2.88. The number of aromatic nitrogens is 1. The molecule has 1 amide bonds. The number of carboxylic acid groups (broad SMARTS) is 1. The van der Waals surface area contributed by atoms with Gasteiger partial charge in [-0.2, -0.15) is 0 Å². The fourth-order valence-electron chi connectivity index (χ4n) is 1.52. The van der Waals surface area contributed by atoms with Gasteiger partial charge < -0.3 is 15.5 Å². The molecule has 0 radical (unpaired) electrons. The number of pyridine rings is 1. The summed E-state index contributed by atoms with van der Waals surface area (Å²) in [5.41, 5.74) is -0.578. The van der Waals surface area contributed by atoms with Gasteiger partial charge in [0, 0.05) is 12.7 Å². The lowest BCUT2D eigenvalue weighted by Gasteiger charge is -2.10. The molecule has 1 fully saturated rings. The Labute approximate surface area is 97.3 Å². The molecule has 0 atom stereocenters. The topological polar surface area (TPSA) is 99.5 Å². The van der Waals surface area contributed by atoms with E-state index in [-0.39, 0.29) is 17.9 Å². The SMILES string of the molecule is O=C(NCC1(C(=O)O)CC1)c1cncc(O)c1. The van der Waals surface area contributed by atoms with E-state index in [4.69, 9.17) is 10.2 Å². The molecule has 2 rings (SSSR count). The average molecular weight is 236 g/mol. The van der Waals surface area contributed by atoms with Gasteiger partial charge in [0.15, 0.2) is 0 Å². The molecule has 1 saturated carbocycles. The maximum absolute atomic E-state index is 11.6. The third kappa shape index (κ3) is 2.35. The molecule has 1 heterocycles. The van der Waals surface area contributed by atoms with Gasteiger partial charge in [-0.15, -0.1) is 0 Å². The van der Waals surface area contributed by atoms with Crippen LogP contribution in [0.2, 0.25) is 0 Å². The Balaban J connectivity index is 1.96. The minimum absolute atomic E-state index is 0.1000. The quantitative estimate of drug-likeness (QED) is 0.701. The van der Waals surface area contributed by atoms with E-state index in [1.807, 2.05) is 0 Å². The molecule has 1 aliphatic carbocycles. The molecule has 0 unspecified atom stereocenters. The number of carboxylic acids is 1. The van der Waals surface area contributed by atoms with Crippen LogP contribution in [-0.2, 0) is 4.79 Å². The van der Waals surface area contributed by atoms with Crippen LogP contribution in [0.25, 0.3) is 0 Å².